The fourth-order valence-electron chi connectivity index (χ4n) is 5.13. The molecule has 3 aromatic rings. The molecule has 1 amide bonds. The van der Waals surface area contributed by atoms with Gasteiger partial charge < -0.3 is 14.6 Å². The van der Waals surface area contributed by atoms with E-state index in [0.717, 1.165) is 40.6 Å². The first-order valence-electron chi connectivity index (χ1n) is 11.9. The number of phenols is 1. The van der Waals surface area contributed by atoms with E-state index in [9.17, 15) is 14.7 Å². The molecule has 0 aliphatic heterocycles. The van der Waals surface area contributed by atoms with Gasteiger partial charge in [-0.3, -0.25) is 9.59 Å². The molecule has 0 spiro atoms. The highest BCUT2D eigenvalue weighted by molar-refractivity contribution is 6.01. The fourth-order valence-corrected chi connectivity index (χ4v) is 5.13. The minimum Gasteiger partial charge on any atom is -0.508 e. The van der Waals surface area contributed by atoms with E-state index in [1.807, 2.05) is 31.2 Å². The maximum Gasteiger partial charge on any atom is 0.242 e. The molecule has 2 aromatic carbocycles. The highest BCUT2D eigenvalue weighted by Gasteiger charge is 2.27. The summed E-state index contributed by atoms with van der Waals surface area (Å²) in [5.41, 5.74) is 5.70. The molecule has 1 saturated carbocycles. The molecular formula is C28H34N2O3. The van der Waals surface area contributed by atoms with Crippen LogP contribution in [0.5, 0.6) is 5.75 Å². The third-order valence-electron chi connectivity index (χ3n) is 7.04. The second-order valence-electron chi connectivity index (χ2n) is 9.61. The number of likely N-dealkylation sites (N-methyl/N-ethyl adjacent to an activating group) is 1. The average molecular weight is 447 g/mol. The summed E-state index contributed by atoms with van der Waals surface area (Å²) in [6.07, 6.45) is 7.17. The number of fused-ring (bicyclic) bond motifs is 1. The normalized spacial score (nSPS) is 14.9. The van der Waals surface area contributed by atoms with Gasteiger partial charge in [-0.15, -0.1) is 0 Å². The van der Waals surface area contributed by atoms with Crippen LogP contribution in [-0.4, -0.2) is 40.4 Å². The molecule has 5 nitrogen and oxygen atoms in total. The van der Waals surface area contributed by atoms with Crippen molar-refractivity contribution < 1.29 is 14.7 Å². The summed E-state index contributed by atoms with van der Waals surface area (Å²) in [6.45, 7) is 3.68. The van der Waals surface area contributed by atoms with Gasteiger partial charge in [0.1, 0.15) is 12.3 Å². The predicted molar refractivity (Wildman–Crippen MR) is 133 cm³/mol. The van der Waals surface area contributed by atoms with Crippen molar-refractivity contribution in [3.63, 3.8) is 0 Å². The molecule has 1 aliphatic carbocycles. The molecule has 1 fully saturated rings. The second-order valence-corrected chi connectivity index (χ2v) is 9.61. The smallest absolute Gasteiger partial charge is 0.242 e. The van der Waals surface area contributed by atoms with E-state index >= 15 is 0 Å². The molecule has 174 valence electrons. The van der Waals surface area contributed by atoms with Crippen molar-refractivity contribution >= 4 is 22.6 Å². The maximum absolute atomic E-state index is 12.9. The first kappa shape index (κ1) is 23.1. The highest BCUT2D eigenvalue weighted by atomic mass is 16.3. The monoisotopic (exact) mass is 446 g/mol. The van der Waals surface area contributed by atoms with Crippen molar-refractivity contribution in [2.24, 2.45) is 0 Å². The Bertz CT molecular complexity index is 1200. The van der Waals surface area contributed by atoms with Crippen molar-refractivity contribution in [2.75, 3.05) is 14.1 Å². The van der Waals surface area contributed by atoms with E-state index < -0.39 is 0 Å². The third kappa shape index (κ3) is 4.54. The number of phenolic OH excluding ortho intramolecular Hbond substituents is 1. The third-order valence-corrected chi connectivity index (χ3v) is 7.04. The minimum absolute atomic E-state index is 0.00398. The van der Waals surface area contributed by atoms with E-state index in [4.69, 9.17) is 0 Å². The zero-order valence-electron chi connectivity index (χ0n) is 20.1. The number of carbonyl (C=O) groups excluding carboxylic acids is 2. The summed E-state index contributed by atoms with van der Waals surface area (Å²) in [6, 6.07) is 11.6. The van der Waals surface area contributed by atoms with E-state index in [0.29, 0.717) is 11.5 Å². The van der Waals surface area contributed by atoms with Gasteiger partial charge in [0.2, 0.25) is 5.91 Å². The minimum atomic E-state index is 0.00398. The van der Waals surface area contributed by atoms with Crippen LogP contribution in [-0.2, 0) is 11.3 Å². The molecule has 5 heteroatoms. The van der Waals surface area contributed by atoms with Gasteiger partial charge in [0.25, 0.3) is 0 Å². The maximum atomic E-state index is 12.9. The Morgan fingerprint density at radius 3 is 2.33 bits per heavy atom. The van der Waals surface area contributed by atoms with E-state index in [2.05, 4.69) is 10.6 Å². The summed E-state index contributed by atoms with van der Waals surface area (Å²) < 4.78 is 2.09. The molecule has 1 heterocycles. The molecule has 0 unspecified atom stereocenters. The Hall–Kier alpha value is -3.08. The summed E-state index contributed by atoms with van der Waals surface area (Å²) in [4.78, 5) is 26.7. The number of rotatable bonds is 5. The Morgan fingerprint density at radius 2 is 1.73 bits per heavy atom. The molecule has 0 atom stereocenters. The Labute approximate surface area is 196 Å². The molecule has 1 aliphatic rings. The zero-order chi connectivity index (χ0) is 23.7. The van der Waals surface area contributed by atoms with Gasteiger partial charge in [0, 0.05) is 30.6 Å². The lowest BCUT2D eigenvalue weighted by atomic mass is 9.87. The van der Waals surface area contributed by atoms with E-state index in [1.54, 1.807) is 32.0 Å². The Morgan fingerprint density at radius 1 is 1.03 bits per heavy atom. The van der Waals surface area contributed by atoms with Crippen LogP contribution in [0.4, 0.5) is 0 Å². The van der Waals surface area contributed by atoms with Crippen molar-refractivity contribution in [3.05, 3.63) is 53.1 Å². The number of carbonyl (C=O) groups is 2. The number of hydrogen-bond donors (Lipinski definition) is 1. The number of hydrogen-bond acceptors (Lipinski definition) is 3. The first-order chi connectivity index (χ1) is 15.8. The van der Waals surface area contributed by atoms with Gasteiger partial charge in [-0.25, -0.2) is 0 Å². The van der Waals surface area contributed by atoms with Gasteiger partial charge in [0.15, 0.2) is 5.78 Å². The molecule has 0 saturated heterocycles. The van der Waals surface area contributed by atoms with Crippen molar-refractivity contribution in [3.8, 4) is 17.0 Å². The Kier molecular flexibility index (Phi) is 6.59. The topological polar surface area (TPSA) is 62.5 Å². The van der Waals surface area contributed by atoms with Crippen LogP contribution in [0.2, 0.25) is 0 Å². The predicted octanol–water partition coefficient (Wildman–Crippen LogP) is 6.05. The molecule has 0 bridgehead atoms. The number of nitrogens with zero attached hydrogens (tertiary/aromatic N) is 2. The molecule has 1 N–H and O–H groups in total. The summed E-state index contributed by atoms with van der Waals surface area (Å²) in [5, 5.41) is 11.3. The van der Waals surface area contributed by atoms with Gasteiger partial charge in [0.05, 0.1) is 5.69 Å². The lowest BCUT2D eigenvalue weighted by molar-refractivity contribution is -0.129. The van der Waals surface area contributed by atoms with Crippen LogP contribution >= 0.6 is 0 Å². The SMILES string of the molecule is CC(=O)c1ccc2c(C3CCCCCC3)c(-c3ccc(O)c(C)c3)n(CC(=O)N(C)C)c2c1. The molecular weight excluding hydrogens is 412 g/mol. The standard InChI is InChI=1S/C28H34N2O3/c1-18-15-22(12-14-25(18)32)28-27(20-9-7-5-6-8-10-20)23-13-11-21(19(2)31)16-24(23)30(28)17-26(33)29(3)4/h11-16,20,32H,5-10,17H2,1-4H3. The number of amides is 1. The van der Waals surface area contributed by atoms with Crippen molar-refractivity contribution in [1.82, 2.24) is 9.47 Å². The average Bonchev–Trinajstić information content (AvgIpc) is 2.92. The van der Waals surface area contributed by atoms with Crippen LogP contribution in [0.15, 0.2) is 36.4 Å². The van der Waals surface area contributed by atoms with Gasteiger partial charge in [-0.2, -0.15) is 0 Å². The second kappa shape index (κ2) is 9.42. The Balaban J connectivity index is 2.05. The number of aryl methyl sites for hydroxylation is 1. The van der Waals surface area contributed by atoms with Gasteiger partial charge in [-0.05, 0) is 73.6 Å². The number of aromatic hydroxyl groups is 1. The number of ketones is 1. The fraction of sp³-hybridized carbons (Fsp3) is 0.429. The van der Waals surface area contributed by atoms with Crippen molar-refractivity contribution in [1.29, 1.82) is 0 Å². The summed E-state index contributed by atoms with van der Waals surface area (Å²) in [5.74, 6) is 0.685. The van der Waals surface area contributed by atoms with Crippen molar-refractivity contribution in [2.45, 2.75) is 64.8 Å². The summed E-state index contributed by atoms with van der Waals surface area (Å²) in [7, 11) is 3.54. The van der Waals surface area contributed by atoms with Crippen LogP contribution in [0, 0.1) is 6.92 Å². The highest BCUT2D eigenvalue weighted by Crippen LogP contribution is 2.44. The van der Waals surface area contributed by atoms with Crippen LogP contribution in [0.1, 0.15) is 72.9 Å². The summed E-state index contributed by atoms with van der Waals surface area (Å²) >= 11 is 0. The first-order valence-corrected chi connectivity index (χ1v) is 11.9. The van der Waals surface area contributed by atoms with Gasteiger partial charge >= 0.3 is 0 Å². The van der Waals surface area contributed by atoms with Gasteiger partial charge in [-0.1, -0.05) is 37.8 Å². The molecule has 1 aromatic heterocycles. The largest absolute Gasteiger partial charge is 0.508 e. The van der Waals surface area contributed by atoms with Crippen LogP contribution in [0.3, 0.4) is 0 Å². The lowest BCUT2D eigenvalue weighted by Gasteiger charge is -2.20. The molecule has 33 heavy (non-hydrogen) atoms. The molecule has 0 radical (unpaired) electrons. The van der Waals surface area contributed by atoms with E-state index in [1.165, 1.54) is 31.2 Å². The quantitative estimate of drug-likeness (QED) is 0.383. The van der Waals surface area contributed by atoms with Crippen LogP contribution in [0.25, 0.3) is 22.2 Å². The zero-order valence-corrected chi connectivity index (χ0v) is 20.1. The van der Waals surface area contributed by atoms with Crippen LogP contribution < -0.4 is 0 Å². The number of aromatic nitrogens is 1. The van der Waals surface area contributed by atoms with E-state index in [-0.39, 0.29) is 24.0 Å². The number of Topliss-reactive ketones (excluding diaryl/α,β-unsaturated/α-hetero) is 1. The number of benzene rings is 2. The lowest BCUT2D eigenvalue weighted by Crippen LogP contribution is -2.26. The molecule has 4 rings (SSSR count).